The normalized spacial score (nSPS) is 17.6. The summed E-state index contributed by atoms with van der Waals surface area (Å²) in [6, 6.07) is 5.65. The Bertz CT molecular complexity index is 454. The standard InChI is InChI=1S/C14H18F3NO2/c1-10-2-3-11(9-19)8-13(10)18-6-4-12(5-7-18)20-14(15,16)17/h2-3,8,12,19H,4-7,9H2,1H3. The summed E-state index contributed by atoms with van der Waals surface area (Å²) >= 11 is 0. The molecule has 0 radical (unpaired) electrons. The highest BCUT2D eigenvalue weighted by Crippen LogP contribution is 2.29. The van der Waals surface area contributed by atoms with Crippen LogP contribution in [0, 0.1) is 6.92 Å². The van der Waals surface area contributed by atoms with Crippen LogP contribution in [0.25, 0.3) is 0 Å². The molecule has 1 aliphatic rings. The maximum Gasteiger partial charge on any atom is 0.522 e. The minimum atomic E-state index is -4.56. The maximum atomic E-state index is 12.2. The van der Waals surface area contributed by atoms with E-state index < -0.39 is 12.5 Å². The van der Waals surface area contributed by atoms with Crippen molar-refractivity contribution in [2.45, 2.75) is 38.8 Å². The molecule has 1 N–H and O–H groups in total. The fraction of sp³-hybridized carbons (Fsp3) is 0.571. The first-order valence-corrected chi connectivity index (χ1v) is 6.59. The van der Waals surface area contributed by atoms with Crippen LogP contribution in [0.4, 0.5) is 18.9 Å². The number of nitrogens with zero attached hydrogens (tertiary/aromatic N) is 1. The van der Waals surface area contributed by atoms with Gasteiger partial charge in [-0.1, -0.05) is 12.1 Å². The monoisotopic (exact) mass is 289 g/mol. The summed E-state index contributed by atoms with van der Waals surface area (Å²) in [5.74, 6) is 0. The molecule has 112 valence electrons. The lowest BCUT2D eigenvalue weighted by atomic mass is 10.0. The smallest absolute Gasteiger partial charge is 0.392 e. The van der Waals surface area contributed by atoms with Crippen molar-refractivity contribution in [2.24, 2.45) is 0 Å². The number of benzene rings is 1. The van der Waals surface area contributed by atoms with Crippen molar-refractivity contribution in [3.8, 4) is 0 Å². The van der Waals surface area contributed by atoms with Crippen molar-refractivity contribution in [1.82, 2.24) is 0 Å². The number of halogens is 3. The Kier molecular flexibility index (Phi) is 4.55. The van der Waals surface area contributed by atoms with Gasteiger partial charge in [0.2, 0.25) is 0 Å². The van der Waals surface area contributed by atoms with Crippen molar-refractivity contribution in [3.05, 3.63) is 29.3 Å². The van der Waals surface area contributed by atoms with E-state index >= 15 is 0 Å². The Morgan fingerprint density at radius 3 is 2.50 bits per heavy atom. The molecule has 20 heavy (non-hydrogen) atoms. The van der Waals surface area contributed by atoms with E-state index in [1.807, 2.05) is 30.0 Å². The second-order valence-electron chi connectivity index (χ2n) is 5.03. The Balaban J connectivity index is 2.00. The summed E-state index contributed by atoms with van der Waals surface area (Å²) in [5.41, 5.74) is 2.83. The molecule has 1 aliphatic heterocycles. The largest absolute Gasteiger partial charge is 0.522 e. The number of hydrogen-bond donors (Lipinski definition) is 1. The number of alkyl halides is 3. The lowest BCUT2D eigenvalue weighted by molar-refractivity contribution is -0.344. The molecular formula is C14H18F3NO2. The molecule has 1 fully saturated rings. The molecule has 0 aromatic heterocycles. The summed E-state index contributed by atoms with van der Waals surface area (Å²) in [6.45, 7) is 2.96. The molecule has 1 aromatic carbocycles. The van der Waals surface area contributed by atoms with Gasteiger partial charge in [0.05, 0.1) is 12.7 Å². The highest BCUT2D eigenvalue weighted by atomic mass is 19.4. The van der Waals surface area contributed by atoms with E-state index in [0.29, 0.717) is 25.9 Å². The summed E-state index contributed by atoms with van der Waals surface area (Å²) in [7, 11) is 0. The van der Waals surface area contributed by atoms with Gasteiger partial charge in [-0.05, 0) is 37.0 Å². The van der Waals surface area contributed by atoms with Crippen LogP contribution >= 0.6 is 0 Å². The summed E-state index contributed by atoms with van der Waals surface area (Å²) in [4.78, 5) is 2.05. The van der Waals surface area contributed by atoms with E-state index in [1.165, 1.54) is 0 Å². The molecule has 0 atom stereocenters. The zero-order chi connectivity index (χ0) is 14.8. The van der Waals surface area contributed by atoms with Gasteiger partial charge in [-0.2, -0.15) is 0 Å². The molecule has 0 spiro atoms. The number of anilines is 1. The molecule has 2 rings (SSSR count). The molecule has 1 heterocycles. The first kappa shape index (κ1) is 15.1. The van der Waals surface area contributed by atoms with E-state index in [9.17, 15) is 13.2 Å². The van der Waals surface area contributed by atoms with Gasteiger partial charge in [0, 0.05) is 18.8 Å². The van der Waals surface area contributed by atoms with Crippen molar-refractivity contribution < 1.29 is 23.0 Å². The zero-order valence-corrected chi connectivity index (χ0v) is 11.3. The van der Waals surface area contributed by atoms with E-state index in [-0.39, 0.29) is 6.61 Å². The Labute approximate surface area is 116 Å². The Hall–Kier alpha value is -1.27. The van der Waals surface area contributed by atoms with Crippen molar-refractivity contribution in [2.75, 3.05) is 18.0 Å². The molecular weight excluding hydrogens is 271 g/mol. The number of rotatable bonds is 3. The number of piperidine rings is 1. The number of hydrogen-bond acceptors (Lipinski definition) is 3. The van der Waals surface area contributed by atoms with Crippen LogP contribution in [0.15, 0.2) is 18.2 Å². The third-order valence-electron chi connectivity index (χ3n) is 3.54. The predicted molar refractivity (Wildman–Crippen MR) is 69.5 cm³/mol. The lowest BCUT2D eigenvalue weighted by Crippen LogP contribution is -2.39. The molecule has 1 saturated heterocycles. The second kappa shape index (κ2) is 6.01. The summed E-state index contributed by atoms with van der Waals surface area (Å²) in [5, 5.41) is 9.16. The topological polar surface area (TPSA) is 32.7 Å². The SMILES string of the molecule is Cc1ccc(CO)cc1N1CCC(OC(F)(F)F)CC1. The number of ether oxygens (including phenoxy) is 1. The maximum absolute atomic E-state index is 12.2. The fourth-order valence-electron chi connectivity index (χ4n) is 2.50. The number of aliphatic hydroxyl groups excluding tert-OH is 1. The van der Waals surface area contributed by atoms with Crippen LogP contribution in [0.3, 0.4) is 0 Å². The predicted octanol–water partition coefficient (Wildman–Crippen LogP) is 2.99. The van der Waals surface area contributed by atoms with Crippen molar-refractivity contribution in [3.63, 3.8) is 0 Å². The molecule has 0 aliphatic carbocycles. The van der Waals surface area contributed by atoms with Gasteiger partial charge in [-0.15, -0.1) is 13.2 Å². The second-order valence-corrected chi connectivity index (χ2v) is 5.03. The zero-order valence-electron chi connectivity index (χ0n) is 11.3. The van der Waals surface area contributed by atoms with Gasteiger partial charge in [0.15, 0.2) is 0 Å². The molecule has 6 heteroatoms. The lowest BCUT2D eigenvalue weighted by Gasteiger charge is -2.34. The number of aryl methyl sites for hydroxylation is 1. The Morgan fingerprint density at radius 1 is 1.30 bits per heavy atom. The highest BCUT2D eigenvalue weighted by Gasteiger charge is 2.35. The van der Waals surface area contributed by atoms with Gasteiger partial charge in [-0.3, -0.25) is 4.74 Å². The van der Waals surface area contributed by atoms with Gasteiger partial charge in [-0.25, -0.2) is 0 Å². The van der Waals surface area contributed by atoms with Gasteiger partial charge in [0.25, 0.3) is 0 Å². The first-order valence-electron chi connectivity index (χ1n) is 6.59. The highest BCUT2D eigenvalue weighted by molar-refractivity contribution is 5.55. The first-order chi connectivity index (χ1) is 9.39. The van der Waals surface area contributed by atoms with Gasteiger partial charge in [0.1, 0.15) is 0 Å². The van der Waals surface area contributed by atoms with Crippen LogP contribution in [0.2, 0.25) is 0 Å². The van der Waals surface area contributed by atoms with Crippen LogP contribution in [-0.4, -0.2) is 30.7 Å². The van der Waals surface area contributed by atoms with Crippen LogP contribution in [0.1, 0.15) is 24.0 Å². The van der Waals surface area contributed by atoms with E-state index in [4.69, 9.17) is 5.11 Å². The molecule has 0 saturated carbocycles. The third kappa shape index (κ3) is 3.86. The summed E-state index contributed by atoms with van der Waals surface area (Å²) < 4.78 is 40.5. The molecule has 0 unspecified atom stereocenters. The van der Waals surface area contributed by atoms with Gasteiger partial charge >= 0.3 is 6.36 Å². The summed E-state index contributed by atoms with van der Waals surface area (Å²) in [6.07, 6.45) is -4.61. The quantitative estimate of drug-likeness (QED) is 0.928. The van der Waals surface area contributed by atoms with Gasteiger partial charge < -0.3 is 10.0 Å². The average Bonchev–Trinajstić information content (AvgIpc) is 2.39. The third-order valence-corrected chi connectivity index (χ3v) is 3.54. The average molecular weight is 289 g/mol. The van der Waals surface area contributed by atoms with E-state index in [0.717, 1.165) is 16.8 Å². The minimum absolute atomic E-state index is 0.0407. The molecule has 3 nitrogen and oxygen atoms in total. The van der Waals surface area contributed by atoms with E-state index in [1.54, 1.807) is 0 Å². The fourth-order valence-corrected chi connectivity index (χ4v) is 2.50. The molecule has 0 bridgehead atoms. The van der Waals surface area contributed by atoms with E-state index in [2.05, 4.69) is 4.74 Å². The van der Waals surface area contributed by atoms with Crippen molar-refractivity contribution in [1.29, 1.82) is 0 Å². The Morgan fingerprint density at radius 2 is 1.95 bits per heavy atom. The van der Waals surface area contributed by atoms with Crippen LogP contribution in [0.5, 0.6) is 0 Å². The van der Waals surface area contributed by atoms with Crippen molar-refractivity contribution >= 4 is 5.69 Å². The minimum Gasteiger partial charge on any atom is -0.392 e. The van der Waals surface area contributed by atoms with Crippen LogP contribution < -0.4 is 4.90 Å². The molecule has 1 aromatic rings. The van der Waals surface area contributed by atoms with Crippen LogP contribution in [-0.2, 0) is 11.3 Å². The number of aliphatic hydroxyl groups is 1. The molecule has 0 amide bonds.